The number of aromatic nitrogens is 4. The largest absolute Gasteiger partial charge is 0.357 e. The van der Waals surface area contributed by atoms with Gasteiger partial charge >= 0.3 is 0 Å². The van der Waals surface area contributed by atoms with E-state index in [1.54, 1.807) is 6.20 Å². The van der Waals surface area contributed by atoms with Crippen LogP contribution in [0.25, 0.3) is 5.69 Å². The van der Waals surface area contributed by atoms with Crippen molar-refractivity contribution in [1.82, 2.24) is 29.5 Å². The molecule has 4 rings (SSSR count). The number of likely N-dealkylation sites (tertiary alicyclic amines) is 1. The zero-order valence-corrected chi connectivity index (χ0v) is 17.9. The van der Waals surface area contributed by atoms with Crippen LogP contribution in [0.1, 0.15) is 31.9 Å². The van der Waals surface area contributed by atoms with E-state index in [2.05, 4.69) is 69.2 Å². The number of hydrogen-bond acceptors (Lipinski definition) is 3. The summed E-state index contributed by atoms with van der Waals surface area (Å²) in [5.74, 6) is 1.65. The Labute approximate surface area is 178 Å². The van der Waals surface area contributed by atoms with Gasteiger partial charge in [-0.2, -0.15) is 5.10 Å². The third-order valence-electron chi connectivity index (χ3n) is 5.83. The smallest absolute Gasteiger partial charge is 0.193 e. The highest BCUT2D eigenvalue weighted by molar-refractivity contribution is 5.80. The number of nitrogens with one attached hydrogen (secondary N) is 1. The lowest BCUT2D eigenvalue weighted by Crippen LogP contribution is -2.49. The van der Waals surface area contributed by atoms with E-state index < -0.39 is 0 Å². The molecule has 1 aromatic carbocycles. The molecule has 2 atom stereocenters. The van der Waals surface area contributed by atoms with Crippen molar-refractivity contribution in [1.29, 1.82) is 0 Å². The van der Waals surface area contributed by atoms with Crippen LogP contribution in [-0.2, 0) is 6.42 Å². The summed E-state index contributed by atoms with van der Waals surface area (Å²) >= 11 is 0. The summed E-state index contributed by atoms with van der Waals surface area (Å²) in [4.78, 5) is 11.6. The molecule has 1 saturated heterocycles. The normalized spacial score (nSPS) is 19.8. The second-order valence-electron chi connectivity index (χ2n) is 7.89. The Hall–Kier alpha value is -3.09. The van der Waals surface area contributed by atoms with E-state index in [0.717, 1.165) is 50.7 Å². The quantitative estimate of drug-likeness (QED) is 0.505. The first-order valence-electron chi connectivity index (χ1n) is 10.8. The fourth-order valence-electron chi connectivity index (χ4n) is 4.05. The van der Waals surface area contributed by atoms with Crippen molar-refractivity contribution in [2.24, 2.45) is 10.9 Å². The maximum absolute atomic E-state index is 4.93. The summed E-state index contributed by atoms with van der Waals surface area (Å²) in [5.41, 5.74) is 2.36. The Morgan fingerprint density at radius 1 is 1.20 bits per heavy atom. The van der Waals surface area contributed by atoms with Crippen LogP contribution in [-0.4, -0.2) is 56.4 Å². The van der Waals surface area contributed by atoms with E-state index in [1.807, 2.05) is 29.5 Å². The van der Waals surface area contributed by atoms with Crippen LogP contribution in [0.2, 0.25) is 0 Å². The molecule has 30 heavy (non-hydrogen) atoms. The van der Waals surface area contributed by atoms with Gasteiger partial charge in [0.05, 0.1) is 18.1 Å². The third kappa shape index (κ3) is 4.72. The fraction of sp³-hybridized carbons (Fsp3) is 0.435. The highest BCUT2D eigenvalue weighted by Crippen LogP contribution is 2.27. The van der Waals surface area contributed by atoms with Gasteiger partial charge in [-0.1, -0.05) is 19.1 Å². The van der Waals surface area contributed by atoms with Crippen LogP contribution in [0.5, 0.6) is 0 Å². The molecule has 1 aliphatic rings. The van der Waals surface area contributed by atoms with Crippen LogP contribution in [0, 0.1) is 5.92 Å². The summed E-state index contributed by atoms with van der Waals surface area (Å²) in [6, 6.07) is 10.9. The Kier molecular flexibility index (Phi) is 6.47. The van der Waals surface area contributed by atoms with Crippen molar-refractivity contribution in [2.45, 2.75) is 32.7 Å². The Balaban J connectivity index is 1.38. The number of nitrogens with zero attached hydrogens (tertiary/aromatic N) is 6. The molecule has 158 valence electrons. The highest BCUT2D eigenvalue weighted by Gasteiger charge is 2.28. The van der Waals surface area contributed by atoms with E-state index in [1.165, 1.54) is 5.56 Å². The van der Waals surface area contributed by atoms with Gasteiger partial charge in [-0.15, -0.1) is 0 Å². The molecular weight excluding hydrogens is 374 g/mol. The molecule has 0 aliphatic carbocycles. The SMILES string of the molecule is CCNC(=NCCc1ccc(-n2cccn2)cc1)N1CCC(C)C(n2ccnc2)C1. The lowest BCUT2D eigenvalue weighted by molar-refractivity contribution is 0.189. The predicted molar refractivity (Wildman–Crippen MR) is 120 cm³/mol. The molecule has 3 aromatic rings. The summed E-state index contributed by atoms with van der Waals surface area (Å²) < 4.78 is 4.11. The van der Waals surface area contributed by atoms with E-state index in [9.17, 15) is 0 Å². The lowest BCUT2D eigenvalue weighted by atomic mass is 9.93. The van der Waals surface area contributed by atoms with Crippen LogP contribution in [0.3, 0.4) is 0 Å². The molecule has 3 heterocycles. The molecule has 0 amide bonds. The van der Waals surface area contributed by atoms with E-state index >= 15 is 0 Å². The van der Waals surface area contributed by atoms with Gasteiger partial charge in [-0.05, 0) is 49.4 Å². The third-order valence-corrected chi connectivity index (χ3v) is 5.83. The zero-order chi connectivity index (χ0) is 20.8. The molecule has 2 aromatic heterocycles. The minimum Gasteiger partial charge on any atom is -0.357 e. The van der Waals surface area contributed by atoms with Crippen molar-refractivity contribution in [3.05, 3.63) is 67.0 Å². The Bertz CT molecular complexity index is 913. The van der Waals surface area contributed by atoms with Gasteiger partial charge < -0.3 is 14.8 Å². The lowest BCUT2D eigenvalue weighted by Gasteiger charge is -2.39. The average Bonchev–Trinajstić information content (AvgIpc) is 3.49. The Morgan fingerprint density at radius 3 is 2.77 bits per heavy atom. The molecule has 1 aliphatic heterocycles. The molecule has 7 heteroatoms. The molecule has 0 bridgehead atoms. The second-order valence-corrected chi connectivity index (χ2v) is 7.89. The van der Waals surface area contributed by atoms with Gasteiger partial charge in [0.2, 0.25) is 0 Å². The maximum atomic E-state index is 4.93. The van der Waals surface area contributed by atoms with E-state index in [4.69, 9.17) is 4.99 Å². The van der Waals surface area contributed by atoms with Crippen LogP contribution < -0.4 is 5.32 Å². The fourth-order valence-corrected chi connectivity index (χ4v) is 4.05. The molecule has 0 saturated carbocycles. The van der Waals surface area contributed by atoms with Gasteiger partial charge in [-0.3, -0.25) is 4.99 Å². The maximum Gasteiger partial charge on any atom is 0.193 e. The van der Waals surface area contributed by atoms with Crippen molar-refractivity contribution in [3.63, 3.8) is 0 Å². The number of guanidine groups is 1. The number of benzene rings is 1. The first-order chi connectivity index (χ1) is 14.7. The van der Waals surface area contributed by atoms with Gasteiger partial charge in [-0.25, -0.2) is 9.67 Å². The number of aliphatic imine (C=N–C) groups is 1. The van der Waals surface area contributed by atoms with Gasteiger partial charge in [0.25, 0.3) is 0 Å². The van der Waals surface area contributed by atoms with Gasteiger partial charge in [0.15, 0.2) is 5.96 Å². The summed E-state index contributed by atoms with van der Waals surface area (Å²) in [6.45, 7) is 8.10. The van der Waals surface area contributed by atoms with Gasteiger partial charge in [0.1, 0.15) is 0 Å². The molecule has 7 nitrogen and oxygen atoms in total. The molecule has 0 radical (unpaired) electrons. The monoisotopic (exact) mass is 405 g/mol. The molecule has 2 unspecified atom stereocenters. The minimum atomic E-state index is 0.431. The molecule has 1 N–H and O–H groups in total. The molecular formula is C23H31N7. The standard InChI is InChI=1S/C23H31N7/c1-3-25-23(28-15-10-19(2)22(17-28)29-16-13-24-18-29)26-12-9-20-5-7-21(8-6-20)30-14-4-11-27-30/h4-8,11,13-14,16,18-19,22H,3,9-10,12,15,17H2,1-2H3,(H,25,26). The number of imidazole rings is 1. The second kappa shape index (κ2) is 9.61. The molecule has 0 spiro atoms. The van der Waals surface area contributed by atoms with Crippen molar-refractivity contribution < 1.29 is 0 Å². The topological polar surface area (TPSA) is 63.3 Å². The van der Waals surface area contributed by atoms with E-state index in [-0.39, 0.29) is 0 Å². The summed E-state index contributed by atoms with van der Waals surface area (Å²) in [7, 11) is 0. The summed E-state index contributed by atoms with van der Waals surface area (Å²) in [5, 5.41) is 7.77. The Morgan fingerprint density at radius 2 is 2.07 bits per heavy atom. The molecule has 1 fully saturated rings. The number of rotatable bonds is 6. The highest BCUT2D eigenvalue weighted by atomic mass is 15.3. The van der Waals surface area contributed by atoms with E-state index in [0.29, 0.717) is 12.0 Å². The van der Waals surface area contributed by atoms with Crippen LogP contribution in [0.4, 0.5) is 0 Å². The first kappa shape index (κ1) is 20.2. The first-order valence-corrected chi connectivity index (χ1v) is 10.8. The average molecular weight is 406 g/mol. The van der Waals surface area contributed by atoms with Crippen molar-refractivity contribution >= 4 is 5.96 Å². The predicted octanol–water partition coefficient (Wildman–Crippen LogP) is 3.16. The van der Waals surface area contributed by atoms with Crippen molar-refractivity contribution in [2.75, 3.05) is 26.2 Å². The number of piperidine rings is 1. The van der Waals surface area contributed by atoms with Crippen molar-refractivity contribution in [3.8, 4) is 5.69 Å². The summed E-state index contributed by atoms with van der Waals surface area (Å²) in [6.07, 6.45) is 11.7. The number of hydrogen-bond donors (Lipinski definition) is 1. The van der Waals surface area contributed by atoms with Crippen LogP contribution in [0.15, 0.2) is 66.4 Å². The zero-order valence-electron chi connectivity index (χ0n) is 17.9. The minimum absolute atomic E-state index is 0.431. The van der Waals surface area contributed by atoms with Crippen LogP contribution >= 0.6 is 0 Å². The van der Waals surface area contributed by atoms with Gasteiger partial charge in [0, 0.05) is 51.0 Å².